The van der Waals surface area contributed by atoms with E-state index < -0.39 is 5.97 Å². The van der Waals surface area contributed by atoms with Crippen molar-refractivity contribution in [2.75, 3.05) is 13.2 Å². The lowest BCUT2D eigenvalue weighted by Gasteiger charge is -2.04. The van der Waals surface area contributed by atoms with Crippen molar-refractivity contribution in [2.24, 2.45) is 0 Å². The van der Waals surface area contributed by atoms with Crippen molar-refractivity contribution in [2.45, 2.75) is 77.0 Å². The second-order valence-corrected chi connectivity index (χ2v) is 6.53. The summed E-state index contributed by atoms with van der Waals surface area (Å²) in [4.78, 5) is 21.4. The monoisotopic (exact) mass is 350 g/mol. The summed E-state index contributed by atoms with van der Waals surface area (Å²) < 4.78 is 0. The van der Waals surface area contributed by atoms with E-state index in [1.807, 2.05) is 6.07 Å². The average molecular weight is 350 g/mol. The number of hydrogen-bond donors (Lipinski definition) is 1. The number of aliphatic hydroxyl groups is 1. The first-order chi connectivity index (χ1) is 12.3. The summed E-state index contributed by atoms with van der Waals surface area (Å²) in [5.74, 6) is -0.433. The van der Waals surface area contributed by atoms with Crippen LogP contribution in [0.15, 0.2) is 30.3 Å². The Morgan fingerprint density at radius 1 is 0.720 bits per heavy atom. The lowest BCUT2D eigenvalue weighted by atomic mass is 10.1. The van der Waals surface area contributed by atoms with Gasteiger partial charge in [0, 0.05) is 6.61 Å². The molecule has 0 aromatic heterocycles. The molecule has 0 fully saturated rings. The van der Waals surface area contributed by atoms with Crippen LogP contribution in [-0.2, 0) is 9.78 Å². The zero-order valence-electron chi connectivity index (χ0n) is 15.5. The maximum Gasteiger partial charge on any atom is 0.373 e. The summed E-state index contributed by atoms with van der Waals surface area (Å²) in [5, 5.41) is 8.70. The number of unbranched alkanes of at least 4 members (excludes halogenated alkanes) is 11. The van der Waals surface area contributed by atoms with Crippen molar-refractivity contribution in [1.29, 1.82) is 0 Å². The topological polar surface area (TPSA) is 55.8 Å². The van der Waals surface area contributed by atoms with Crippen molar-refractivity contribution >= 4 is 5.97 Å². The molecule has 4 nitrogen and oxygen atoms in total. The van der Waals surface area contributed by atoms with Gasteiger partial charge in [-0.1, -0.05) is 82.4 Å². The zero-order valence-corrected chi connectivity index (χ0v) is 15.5. The Morgan fingerprint density at radius 2 is 1.20 bits per heavy atom. The normalized spacial score (nSPS) is 10.8. The lowest BCUT2D eigenvalue weighted by Crippen LogP contribution is -2.06. The summed E-state index contributed by atoms with van der Waals surface area (Å²) in [6, 6.07) is 8.88. The second-order valence-electron chi connectivity index (χ2n) is 6.53. The molecule has 0 unspecified atom stereocenters. The third kappa shape index (κ3) is 12.6. The van der Waals surface area contributed by atoms with Crippen LogP contribution in [0.3, 0.4) is 0 Å². The number of hydrogen-bond acceptors (Lipinski definition) is 4. The van der Waals surface area contributed by atoms with Crippen LogP contribution in [-0.4, -0.2) is 24.3 Å². The second kappa shape index (κ2) is 16.1. The van der Waals surface area contributed by atoms with Gasteiger partial charge in [-0.3, -0.25) is 4.89 Å². The number of rotatable bonds is 16. The van der Waals surface area contributed by atoms with Crippen LogP contribution in [0.1, 0.15) is 87.4 Å². The number of benzene rings is 1. The van der Waals surface area contributed by atoms with Gasteiger partial charge in [0.1, 0.15) is 0 Å². The molecule has 1 rings (SSSR count). The highest BCUT2D eigenvalue weighted by Crippen LogP contribution is 2.12. The Balaban J connectivity index is 1.78. The van der Waals surface area contributed by atoms with Gasteiger partial charge in [0.2, 0.25) is 0 Å². The van der Waals surface area contributed by atoms with Crippen molar-refractivity contribution < 1.29 is 19.7 Å². The zero-order chi connectivity index (χ0) is 18.0. The van der Waals surface area contributed by atoms with Gasteiger partial charge in [0.15, 0.2) is 0 Å². The molecule has 0 heterocycles. The quantitative estimate of drug-likeness (QED) is 0.245. The van der Waals surface area contributed by atoms with E-state index in [9.17, 15) is 4.79 Å². The Bertz CT molecular complexity index is 419. The summed E-state index contributed by atoms with van der Waals surface area (Å²) >= 11 is 0. The highest BCUT2D eigenvalue weighted by molar-refractivity contribution is 5.88. The molecule has 1 N–H and O–H groups in total. The van der Waals surface area contributed by atoms with Gasteiger partial charge in [0.25, 0.3) is 0 Å². The van der Waals surface area contributed by atoms with E-state index in [0.717, 1.165) is 19.3 Å². The molecule has 0 amide bonds. The number of carbonyl (C=O) groups excluding carboxylic acids is 1. The molecule has 1 aromatic rings. The minimum Gasteiger partial charge on any atom is -0.396 e. The standard InChI is InChI=1S/C21H34O4/c22-18-14-9-7-5-3-1-2-4-6-8-10-15-19-24-25-21(23)20-16-12-11-13-17-20/h11-13,16-17,22H,1-10,14-15,18-19H2. The predicted molar refractivity (Wildman–Crippen MR) is 100 cm³/mol. The smallest absolute Gasteiger partial charge is 0.373 e. The Hall–Kier alpha value is -1.39. The van der Waals surface area contributed by atoms with Gasteiger partial charge in [-0.2, -0.15) is 4.89 Å². The number of aliphatic hydroxyl groups excluding tert-OH is 1. The van der Waals surface area contributed by atoms with Crippen LogP contribution in [0.4, 0.5) is 0 Å². The maximum atomic E-state index is 11.6. The van der Waals surface area contributed by atoms with Crippen molar-refractivity contribution in [1.82, 2.24) is 0 Å². The van der Waals surface area contributed by atoms with E-state index in [1.54, 1.807) is 24.3 Å². The van der Waals surface area contributed by atoms with E-state index in [4.69, 9.17) is 14.9 Å². The summed E-state index contributed by atoms with van der Waals surface area (Å²) in [6.45, 7) is 0.799. The number of carbonyl (C=O) groups is 1. The molecule has 0 saturated carbocycles. The minimum atomic E-state index is -0.433. The third-order valence-electron chi connectivity index (χ3n) is 4.28. The molecule has 25 heavy (non-hydrogen) atoms. The van der Waals surface area contributed by atoms with Gasteiger partial charge in [-0.05, 0) is 25.0 Å². The first-order valence-corrected chi connectivity index (χ1v) is 9.84. The molecule has 0 aliphatic heterocycles. The fourth-order valence-electron chi connectivity index (χ4n) is 2.76. The SMILES string of the molecule is O=C(OOCCCCCCCCCCCCCCO)c1ccccc1. The molecule has 1 aromatic carbocycles. The minimum absolute atomic E-state index is 0.334. The molecule has 0 atom stereocenters. The Morgan fingerprint density at radius 3 is 1.72 bits per heavy atom. The van der Waals surface area contributed by atoms with Crippen LogP contribution < -0.4 is 0 Å². The van der Waals surface area contributed by atoms with Gasteiger partial charge < -0.3 is 5.11 Å². The third-order valence-corrected chi connectivity index (χ3v) is 4.28. The molecule has 0 radical (unpaired) electrons. The average Bonchev–Trinajstić information content (AvgIpc) is 2.65. The van der Waals surface area contributed by atoms with E-state index in [0.29, 0.717) is 18.8 Å². The van der Waals surface area contributed by atoms with E-state index in [1.165, 1.54) is 57.8 Å². The lowest BCUT2D eigenvalue weighted by molar-refractivity contribution is -0.241. The predicted octanol–water partition coefficient (Wildman–Crippen LogP) is 5.45. The first kappa shape index (κ1) is 21.7. The van der Waals surface area contributed by atoms with Gasteiger partial charge in [-0.15, -0.1) is 0 Å². The Kier molecular flexibility index (Phi) is 13.9. The van der Waals surface area contributed by atoms with Crippen LogP contribution in [0, 0.1) is 0 Å². The fourth-order valence-corrected chi connectivity index (χ4v) is 2.76. The van der Waals surface area contributed by atoms with Crippen LogP contribution in [0.25, 0.3) is 0 Å². The molecule has 0 aliphatic rings. The van der Waals surface area contributed by atoms with Crippen molar-refractivity contribution in [3.63, 3.8) is 0 Å². The summed E-state index contributed by atoms with van der Waals surface area (Å²) in [7, 11) is 0. The molecule has 4 heteroatoms. The largest absolute Gasteiger partial charge is 0.396 e. The first-order valence-electron chi connectivity index (χ1n) is 9.84. The molecular weight excluding hydrogens is 316 g/mol. The van der Waals surface area contributed by atoms with Gasteiger partial charge in [0.05, 0.1) is 12.2 Å². The molecule has 0 saturated heterocycles. The molecule has 0 spiro atoms. The van der Waals surface area contributed by atoms with Crippen molar-refractivity contribution in [3.8, 4) is 0 Å². The molecule has 142 valence electrons. The molecule has 0 bridgehead atoms. The highest BCUT2D eigenvalue weighted by Gasteiger charge is 2.06. The highest BCUT2D eigenvalue weighted by atomic mass is 17.2. The van der Waals surface area contributed by atoms with Crippen LogP contribution in [0.2, 0.25) is 0 Å². The van der Waals surface area contributed by atoms with E-state index >= 15 is 0 Å². The molecule has 0 aliphatic carbocycles. The Labute approximate surface area is 152 Å². The summed E-state index contributed by atoms with van der Waals surface area (Å²) in [6.07, 6.45) is 14.5. The maximum absolute atomic E-state index is 11.6. The summed E-state index contributed by atoms with van der Waals surface area (Å²) in [5.41, 5.74) is 0.510. The molecular formula is C21H34O4. The van der Waals surface area contributed by atoms with Crippen LogP contribution >= 0.6 is 0 Å². The van der Waals surface area contributed by atoms with Crippen molar-refractivity contribution in [3.05, 3.63) is 35.9 Å². The van der Waals surface area contributed by atoms with Gasteiger partial charge in [-0.25, -0.2) is 4.79 Å². The fraction of sp³-hybridized carbons (Fsp3) is 0.667. The van der Waals surface area contributed by atoms with E-state index in [2.05, 4.69) is 0 Å². The van der Waals surface area contributed by atoms with Crippen LogP contribution in [0.5, 0.6) is 0 Å². The van der Waals surface area contributed by atoms with Gasteiger partial charge >= 0.3 is 5.97 Å². The van der Waals surface area contributed by atoms with E-state index in [-0.39, 0.29) is 0 Å².